The predicted molar refractivity (Wildman–Crippen MR) is 97.6 cm³/mol. The van der Waals surface area contributed by atoms with Crippen molar-refractivity contribution in [1.82, 2.24) is 9.80 Å². The summed E-state index contributed by atoms with van der Waals surface area (Å²) in [7, 11) is 0. The first-order valence-electron chi connectivity index (χ1n) is 9.46. The van der Waals surface area contributed by atoms with Crippen molar-refractivity contribution in [3.05, 3.63) is 30.3 Å². The van der Waals surface area contributed by atoms with Gasteiger partial charge < -0.3 is 14.7 Å². The van der Waals surface area contributed by atoms with Crippen LogP contribution in [0, 0.1) is 0 Å². The molecule has 0 unspecified atom stereocenters. The van der Waals surface area contributed by atoms with E-state index in [1.807, 2.05) is 30.3 Å². The van der Waals surface area contributed by atoms with Crippen LogP contribution in [0.5, 0.6) is 5.75 Å². The number of benzene rings is 1. The van der Waals surface area contributed by atoms with Gasteiger partial charge in [-0.15, -0.1) is 0 Å². The van der Waals surface area contributed by atoms with Gasteiger partial charge in [-0.05, 0) is 25.0 Å². The highest BCUT2D eigenvalue weighted by Crippen LogP contribution is 2.26. The Morgan fingerprint density at radius 1 is 1.16 bits per heavy atom. The topological polar surface area (TPSA) is 53.0 Å². The van der Waals surface area contributed by atoms with Crippen LogP contribution in [0.1, 0.15) is 39.0 Å². The molecule has 1 N–H and O–H groups in total. The summed E-state index contributed by atoms with van der Waals surface area (Å²) in [6.07, 6.45) is 6.21. The number of ether oxygens (including phenoxy) is 1. The van der Waals surface area contributed by atoms with Gasteiger partial charge in [-0.2, -0.15) is 0 Å². The number of β-amino-alcohol motifs (C(OH)–C–C–N with tert-alkyl or cyclic N) is 1. The van der Waals surface area contributed by atoms with E-state index in [-0.39, 0.29) is 12.5 Å². The van der Waals surface area contributed by atoms with Gasteiger partial charge in [0.15, 0.2) is 0 Å². The highest BCUT2D eigenvalue weighted by Gasteiger charge is 2.39. The molecular weight excluding hydrogens is 316 g/mol. The first-order chi connectivity index (χ1) is 12.1. The van der Waals surface area contributed by atoms with Gasteiger partial charge in [0.25, 0.3) is 0 Å². The van der Waals surface area contributed by atoms with Crippen LogP contribution in [-0.2, 0) is 4.79 Å². The SMILES string of the molecule is CC(=O)N1CCN(C2CCCCC2)C[C@](O)(COc2ccccc2)C1. The minimum absolute atomic E-state index is 0.0173. The second-order valence-corrected chi connectivity index (χ2v) is 7.53. The molecule has 5 heteroatoms. The van der Waals surface area contributed by atoms with Gasteiger partial charge in [0.05, 0.1) is 6.54 Å². The van der Waals surface area contributed by atoms with E-state index in [0.717, 1.165) is 12.3 Å². The predicted octanol–water partition coefficient (Wildman–Crippen LogP) is 2.29. The van der Waals surface area contributed by atoms with E-state index in [2.05, 4.69) is 4.90 Å². The van der Waals surface area contributed by atoms with E-state index >= 15 is 0 Å². The minimum Gasteiger partial charge on any atom is -0.490 e. The number of hydrogen-bond acceptors (Lipinski definition) is 4. The Labute approximate surface area is 150 Å². The molecule has 1 aromatic rings. The summed E-state index contributed by atoms with van der Waals surface area (Å²) in [5, 5.41) is 11.3. The van der Waals surface area contributed by atoms with Crippen LogP contribution in [0.3, 0.4) is 0 Å². The molecular formula is C20H30N2O3. The number of aliphatic hydroxyl groups is 1. The Balaban J connectivity index is 1.71. The van der Waals surface area contributed by atoms with E-state index < -0.39 is 5.60 Å². The van der Waals surface area contributed by atoms with Crippen molar-refractivity contribution in [2.45, 2.75) is 50.7 Å². The molecule has 1 saturated carbocycles. The van der Waals surface area contributed by atoms with E-state index in [9.17, 15) is 9.90 Å². The fourth-order valence-electron chi connectivity index (χ4n) is 4.04. The van der Waals surface area contributed by atoms with Crippen LogP contribution in [0.2, 0.25) is 0 Å². The summed E-state index contributed by atoms with van der Waals surface area (Å²) in [4.78, 5) is 16.1. The summed E-state index contributed by atoms with van der Waals surface area (Å²) >= 11 is 0. The van der Waals surface area contributed by atoms with Crippen LogP contribution < -0.4 is 4.74 Å². The van der Waals surface area contributed by atoms with Crippen LogP contribution in [0.25, 0.3) is 0 Å². The monoisotopic (exact) mass is 346 g/mol. The molecule has 138 valence electrons. The summed E-state index contributed by atoms with van der Waals surface area (Å²) in [5.41, 5.74) is -1.05. The van der Waals surface area contributed by atoms with Crippen molar-refractivity contribution in [2.24, 2.45) is 0 Å². The normalized spacial score (nSPS) is 26.2. The van der Waals surface area contributed by atoms with Gasteiger partial charge in [0, 0.05) is 32.6 Å². The molecule has 0 aromatic heterocycles. The zero-order valence-electron chi connectivity index (χ0n) is 15.2. The molecule has 1 aromatic carbocycles. The lowest BCUT2D eigenvalue weighted by molar-refractivity contribution is -0.132. The van der Waals surface area contributed by atoms with Crippen molar-refractivity contribution >= 4 is 5.91 Å². The average Bonchev–Trinajstić information content (AvgIpc) is 2.82. The van der Waals surface area contributed by atoms with Crippen molar-refractivity contribution in [3.63, 3.8) is 0 Å². The average molecular weight is 346 g/mol. The third-order valence-corrected chi connectivity index (χ3v) is 5.43. The Bertz CT molecular complexity index is 559. The first-order valence-corrected chi connectivity index (χ1v) is 9.46. The quantitative estimate of drug-likeness (QED) is 0.909. The van der Waals surface area contributed by atoms with E-state index in [4.69, 9.17) is 4.74 Å². The Morgan fingerprint density at radius 3 is 2.56 bits per heavy atom. The smallest absolute Gasteiger partial charge is 0.219 e. The Kier molecular flexibility index (Phi) is 5.97. The Hall–Kier alpha value is -1.59. The fraction of sp³-hybridized carbons (Fsp3) is 0.650. The van der Waals surface area contributed by atoms with Gasteiger partial charge in [-0.1, -0.05) is 37.5 Å². The van der Waals surface area contributed by atoms with Gasteiger partial charge in [-0.3, -0.25) is 9.69 Å². The van der Waals surface area contributed by atoms with Crippen LogP contribution in [0.15, 0.2) is 30.3 Å². The van der Waals surface area contributed by atoms with Crippen molar-refractivity contribution in [2.75, 3.05) is 32.8 Å². The molecule has 25 heavy (non-hydrogen) atoms. The highest BCUT2D eigenvalue weighted by molar-refractivity contribution is 5.73. The first kappa shape index (κ1) is 18.2. The van der Waals surface area contributed by atoms with E-state index in [0.29, 0.717) is 25.7 Å². The lowest BCUT2D eigenvalue weighted by Gasteiger charge is -2.37. The Morgan fingerprint density at radius 2 is 1.88 bits per heavy atom. The largest absolute Gasteiger partial charge is 0.490 e. The maximum Gasteiger partial charge on any atom is 0.219 e. The van der Waals surface area contributed by atoms with Gasteiger partial charge >= 0.3 is 0 Å². The maximum absolute atomic E-state index is 12.0. The number of rotatable bonds is 4. The minimum atomic E-state index is -1.05. The number of carbonyl (C=O) groups excluding carboxylic acids is 1. The number of para-hydroxylation sites is 1. The van der Waals surface area contributed by atoms with Crippen LogP contribution in [-0.4, -0.2) is 65.2 Å². The zero-order chi connectivity index (χ0) is 17.7. The van der Waals surface area contributed by atoms with E-state index in [1.54, 1.807) is 11.8 Å². The molecule has 1 aliphatic heterocycles. The molecule has 0 radical (unpaired) electrons. The molecule has 3 rings (SSSR count). The fourth-order valence-corrected chi connectivity index (χ4v) is 4.04. The lowest BCUT2D eigenvalue weighted by atomic mass is 9.93. The zero-order valence-corrected chi connectivity index (χ0v) is 15.2. The van der Waals surface area contributed by atoms with Crippen molar-refractivity contribution in [1.29, 1.82) is 0 Å². The number of hydrogen-bond donors (Lipinski definition) is 1. The molecule has 2 fully saturated rings. The molecule has 1 amide bonds. The summed E-state index contributed by atoms with van der Waals surface area (Å²) in [6, 6.07) is 10.1. The van der Waals surface area contributed by atoms with Gasteiger partial charge in [0.2, 0.25) is 5.91 Å². The number of carbonyl (C=O) groups is 1. The summed E-state index contributed by atoms with van der Waals surface area (Å²) in [5.74, 6) is 0.766. The van der Waals surface area contributed by atoms with E-state index in [1.165, 1.54) is 32.1 Å². The molecule has 1 atom stereocenters. The number of amides is 1. The number of nitrogens with zero attached hydrogens (tertiary/aromatic N) is 2. The lowest BCUT2D eigenvalue weighted by Crippen LogP contribution is -2.53. The standard InChI is InChI=1S/C20H30N2O3/c1-17(23)21-12-13-22(18-8-4-2-5-9-18)15-20(24,14-21)16-25-19-10-6-3-7-11-19/h3,6-7,10-11,18,24H,2,4-5,8-9,12-16H2,1H3/t20-/m0/s1. The van der Waals surface area contributed by atoms with Gasteiger partial charge in [-0.25, -0.2) is 0 Å². The second-order valence-electron chi connectivity index (χ2n) is 7.53. The second kappa shape index (κ2) is 8.19. The van der Waals surface area contributed by atoms with Crippen LogP contribution >= 0.6 is 0 Å². The molecule has 0 bridgehead atoms. The highest BCUT2D eigenvalue weighted by atomic mass is 16.5. The maximum atomic E-state index is 12.0. The summed E-state index contributed by atoms with van der Waals surface area (Å²) in [6.45, 7) is 4.18. The molecule has 1 saturated heterocycles. The molecule has 0 spiro atoms. The van der Waals surface area contributed by atoms with Crippen molar-refractivity contribution < 1.29 is 14.6 Å². The molecule has 5 nitrogen and oxygen atoms in total. The molecule has 1 heterocycles. The third-order valence-electron chi connectivity index (χ3n) is 5.43. The summed E-state index contributed by atoms with van der Waals surface area (Å²) < 4.78 is 5.85. The van der Waals surface area contributed by atoms with Crippen molar-refractivity contribution in [3.8, 4) is 5.75 Å². The van der Waals surface area contributed by atoms with Crippen LogP contribution in [0.4, 0.5) is 0 Å². The molecule has 1 aliphatic carbocycles. The third kappa shape index (κ3) is 4.95. The van der Waals surface area contributed by atoms with Gasteiger partial charge in [0.1, 0.15) is 18.0 Å². The molecule has 2 aliphatic rings.